The summed E-state index contributed by atoms with van der Waals surface area (Å²) in [5.74, 6) is 0.0159. The molecule has 1 saturated carbocycles. The minimum absolute atomic E-state index is 0.0159. The monoisotopic (exact) mass is 342 g/mol. The molecule has 134 valence electrons. The van der Waals surface area contributed by atoms with Crippen LogP contribution in [-0.4, -0.2) is 43.7 Å². The van der Waals surface area contributed by atoms with Crippen molar-refractivity contribution >= 4 is 17.6 Å². The van der Waals surface area contributed by atoms with Crippen LogP contribution in [0.4, 0.5) is 10.5 Å². The van der Waals surface area contributed by atoms with Gasteiger partial charge in [-0.15, -0.1) is 6.58 Å². The van der Waals surface area contributed by atoms with Gasteiger partial charge in [-0.05, 0) is 37.8 Å². The number of para-hydroxylation sites is 1. The molecule has 0 bridgehead atoms. The Morgan fingerprint density at radius 2 is 1.76 bits per heavy atom. The summed E-state index contributed by atoms with van der Waals surface area (Å²) in [7, 11) is 0. The molecule has 0 atom stereocenters. The quantitative estimate of drug-likeness (QED) is 0.693. The van der Waals surface area contributed by atoms with Crippen LogP contribution in [0.15, 0.2) is 36.9 Å². The Morgan fingerprint density at radius 3 is 2.44 bits per heavy atom. The minimum Gasteiger partial charge on any atom is -0.371 e. The highest BCUT2D eigenvalue weighted by Crippen LogP contribution is 2.26. The topological polar surface area (TPSA) is 73.5 Å². The number of anilines is 1. The molecule has 3 rings (SSSR count). The molecule has 0 unspecified atom stereocenters. The summed E-state index contributed by atoms with van der Waals surface area (Å²) in [6.45, 7) is 5.69. The first-order valence-electron chi connectivity index (χ1n) is 8.97. The van der Waals surface area contributed by atoms with Crippen LogP contribution in [0.1, 0.15) is 36.0 Å². The lowest BCUT2D eigenvalue weighted by Gasteiger charge is -2.34. The maximum absolute atomic E-state index is 12.5. The SMILES string of the molecule is C=CCNC(=O)NC1CCN(c2ccccc2C(=O)NC2CC2)CC1. The van der Waals surface area contributed by atoms with E-state index in [2.05, 4.69) is 27.4 Å². The number of carbonyl (C=O) groups is 2. The molecular formula is C19H26N4O2. The number of rotatable bonds is 6. The summed E-state index contributed by atoms with van der Waals surface area (Å²) in [6.07, 6.45) is 5.55. The molecule has 1 aliphatic heterocycles. The van der Waals surface area contributed by atoms with Gasteiger partial charge < -0.3 is 20.9 Å². The van der Waals surface area contributed by atoms with E-state index >= 15 is 0 Å². The summed E-state index contributed by atoms with van der Waals surface area (Å²) < 4.78 is 0. The molecule has 2 aliphatic rings. The fraction of sp³-hybridized carbons (Fsp3) is 0.474. The number of hydrogen-bond acceptors (Lipinski definition) is 3. The minimum atomic E-state index is -0.150. The van der Waals surface area contributed by atoms with Gasteiger partial charge in [0.25, 0.3) is 5.91 Å². The Bertz CT molecular complexity index is 634. The smallest absolute Gasteiger partial charge is 0.315 e. The van der Waals surface area contributed by atoms with Gasteiger partial charge in [-0.25, -0.2) is 4.79 Å². The van der Waals surface area contributed by atoms with E-state index in [9.17, 15) is 9.59 Å². The second-order valence-corrected chi connectivity index (χ2v) is 6.67. The normalized spacial score (nSPS) is 17.7. The van der Waals surface area contributed by atoms with E-state index in [-0.39, 0.29) is 18.0 Å². The second-order valence-electron chi connectivity index (χ2n) is 6.67. The van der Waals surface area contributed by atoms with Gasteiger partial charge in [-0.3, -0.25) is 4.79 Å². The molecule has 3 N–H and O–H groups in total. The fourth-order valence-corrected chi connectivity index (χ4v) is 3.10. The van der Waals surface area contributed by atoms with Crippen molar-refractivity contribution in [3.05, 3.63) is 42.5 Å². The Morgan fingerprint density at radius 1 is 1.08 bits per heavy atom. The first-order valence-corrected chi connectivity index (χ1v) is 8.97. The van der Waals surface area contributed by atoms with Crippen molar-refractivity contribution in [2.24, 2.45) is 0 Å². The molecule has 6 heteroatoms. The standard InChI is InChI=1S/C19H26N4O2/c1-2-11-20-19(25)22-15-9-12-23(13-10-15)17-6-4-3-5-16(17)18(24)21-14-7-8-14/h2-6,14-15H,1,7-13H2,(H,21,24)(H2,20,22,25). The van der Waals surface area contributed by atoms with Crippen LogP contribution in [0.2, 0.25) is 0 Å². The predicted molar refractivity (Wildman–Crippen MR) is 98.9 cm³/mol. The van der Waals surface area contributed by atoms with Crippen molar-refractivity contribution in [3.63, 3.8) is 0 Å². The largest absolute Gasteiger partial charge is 0.371 e. The lowest BCUT2D eigenvalue weighted by atomic mass is 10.0. The van der Waals surface area contributed by atoms with Crippen molar-refractivity contribution in [3.8, 4) is 0 Å². The van der Waals surface area contributed by atoms with E-state index in [0.29, 0.717) is 12.6 Å². The number of amides is 3. The van der Waals surface area contributed by atoms with Crippen LogP contribution >= 0.6 is 0 Å². The van der Waals surface area contributed by atoms with Gasteiger partial charge in [0, 0.05) is 37.4 Å². The molecule has 1 aromatic carbocycles. The summed E-state index contributed by atoms with van der Waals surface area (Å²) >= 11 is 0. The van der Waals surface area contributed by atoms with Crippen LogP contribution < -0.4 is 20.9 Å². The zero-order chi connectivity index (χ0) is 17.6. The van der Waals surface area contributed by atoms with Crippen molar-refractivity contribution in [2.45, 2.75) is 37.8 Å². The lowest BCUT2D eigenvalue weighted by Crippen LogP contribution is -2.48. The van der Waals surface area contributed by atoms with Crippen molar-refractivity contribution in [1.82, 2.24) is 16.0 Å². The van der Waals surface area contributed by atoms with E-state index in [1.54, 1.807) is 6.08 Å². The number of benzene rings is 1. The van der Waals surface area contributed by atoms with Crippen LogP contribution in [-0.2, 0) is 0 Å². The fourth-order valence-electron chi connectivity index (χ4n) is 3.10. The maximum Gasteiger partial charge on any atom is 0.315 e. The van der Waals surface area contributed by atoms with E-state index in [4.69, 9.17) is 0 Å². The molecule has 2 fully saturated rings. The Balaban J connectivity index is 1.56. The molecule has 3 amide bonds. The van der Waals surface area contributed by atoms with Gasteiger partial charge in [0.15, 0.2) is 0 Å². The average molecular weight is 342 g/mol. The third kappa shape index (κ3) is 4.75. The molecule has 0 radical (unpaired) electrons. The number of piperidine rings is 1. The highest BCUT2D eigenvalue weighted by molar-refractivity contribution is 6.00. The zero-order valence-electron chi connectivity index (χ0n) is 14.5. The highest BCUT2D eigenvalue weighted by atomic mass is 16.2. The third-order valence-corrected chi connectivity index (χ3v) is 4.64. The Hall–Kier alpha value is -2.50. The number of nitrogens with zero attached hydrogens (tertiary/aromatic N) is 1. The van der Waals surface area contributed by atoms with Gasteiger partial charge in [-0.2, -0.15) is 0 Å². The summed E-state index contributed by atoms with van der Waals surface area (Å²) in [5.41, 5.74) is 1.72. The van der Waals surface area contributed by atoms with Gasteiger partial charge in [-0.1, -0.05) is 18.2 Å². The molecule has 0 spiro atoms. The Kier molecular flexibility index (Phi) is 5.58. The summed E-state index contributed by atoms with van der Waals surface area (Å²) in [6, 6.07) is 8.13. The highest BCUT2D eigenvalue weighted by Gasteiger charge is 2.27. The van der Waals surface area contributed by atoms with Gasteiger partial charge in [0.05, 0.1) is 5.56 Å². The van der Waals surface area contributed by atoms with Crippen molar-refractivity contribution in [1.29, 1.82) is 0 Å². The lowest BCUT2D eigenvalue weighted by molar-refractivity contribution is 0.0951. The molecule has 1 aliphatic carbocycles. The van der Waals surface area contributed by atoms with E-state index < -0.39 is 0 Å². The third-order valence-electron chi connectivity index (χ3n) is 4.64. The first-order chi connectivity index (χ1) is 12.2. The number of urea groups is 1. The number of carbonyl (C=O) groups excluding carboxylic acids is 2. The molecule has 1 saturated heterocycles. The van der Waals surface area contributed by atoms with Crippen molar-refractivity contribution < 1.29 is 9.59 Å². The van der Waals surface area contributed by atoms with Crippen LogP contribution in [0.25, 0.3) is 0 Å². The summed E-state index contributed by atoms with van der Waals surface area (Å²) in [4.78, 5) is 26.4. The zero-order valence-corrected chi connectivity index (χ0v) is 14.5. The van der Waals surface area contributed by atoms with Crippen LogP contribution in [0.3, 0.4) is 0 Å². The maximum atomic E-state index is 12.5. The van der Waals surface area contributed by atoms with Gasteiger partial charge in [0.2, 0.25) is 0 Å². The first kappa shape index (κ1) is 17.3. The van der Waals surface area contributed by atoms with Crippen LogP contribution in [0, 0.1) is 0 Å². The predicted octanol–water partition coefficient (Wildman–Crippen LogP) is 2.03. The van der Waals surface area contributed by atoms with E-state index in [0.717, 1.165) is 50.0 Å². The average Bonchev–Trinajstić information content (AvgIpc) is 3.44. The number of hydrogen-bond donors (Lipinski definition) is 3. The van der Waals surface area contributed by atoms with E-state index in [1.165, 1.54) is 0 Å². The Labute approximate surface area is 148 Å². The van der Waals surface area contributed by atoms with Gasteiger partial charge in [0.1, 0.15) is 0 Å². The molecule has 1 aromatic rings. The van der Waals surface area contributed by atoms with Gasteiger partial charge >= 0.3 is 6.03 Å². The summed E-state index contributed by atoms with van der Waals surface area (Å²) in [5, 5.41) is 8.79. The molecule has 6 nitrogen and oxygen atoms in total. The molecule has 25 heavy (non-hydrogen) atoms. The molecule has 1 heterocycles. The van der Waals surface area contributed by atoms with Crippen LogP contribution in [0.5, 0.6) is 0 Å². The van der Waals surface area contributed by atoms with E-state index in [1.807, 2.05) is 24.3 Å². The van der Waals surface area contributed by atoms with Crippen molar-refractivity contribution in [2.75, 3.05) is 24.5 Å². The number of nitrogens with one attached hydrogen (secondary N) is 3. The second kappa shape index (κ2) is 8.05. The molecule has 0 aromatic heterocycles. The molecular weight excluding hydrogens is 316 g/mol.